The molecule has 0 aliphatic carbocycles. The third kappa shape index (κ3) is 4.23. The number of nitro benzene ring substituents is 1. The molecule has 0 aromatic heterocycles. The second-order valence-electron chi connectivity index (χ2n) is 6.60. The first-order valence-corrected chi connectivity index (χ1v) is 8.32. The number of carbonyl (C=O) groups is 1. The highest BCUT2D eigenvalue weighted by atomic mass is 16.6. The third-order valence-corrected chi connectivity index (χ3v) is 4.66. The van der Waals surface area contributed by atoms with Crippen LogP contribution in [0.15, 0.2) is 12.1 Å². The van der Waals surface area contributed by atoms with E-state index in [4.69, 9.17) is 0 Å². The van der Waals surface area contributed by atoms with Gasteiger partial charge in [0.2, 0.25) is 0 Å². The number of hydrogen-bond acceptors (Lipinski definition) is 4. The lowest BCUT2D eigenvalue weighted by molar-refractivity contribution is -0.385. The Balaban J connectivity index is 2.03. The molecule has 1 aliphatic rings. The topological polar surface area (TPSA) is 78.7 Å². The Bertz CT molecular complexity index is 633. The molecular weight excluding hydrogens is 308 g/mol. The fourth-order valence-electron chi connectivity index (χ4n) is 3.10. The quantitative estimate of drug-likeness (QED) is 0.663. The van der Waals surface area contributed by atoms with Crippen LogP contribution in [0, 0.1) is 29.9 Å². The second-order valence-corrected chi connectivity index (χ2v) is 6.60. The van der Waals surface area contributed by atoms with Gasteiger partial charge in [-0.15, -0.1) is 0 Å². The van der Waals surface area contributed by atoms with Gasteiger partial charge in [-0.3, -0.25) is 10.1 Å². The van der Waals surface area contributed by atoms with Gasteiger partial charge < -0.3 is 15.1 Å². The Kier molecular flexibility index (Phi) is 5.77. The van der Waals surface area contributed by atoms with Crippen molar-refractivity contribution in [3.63, 3.8) is 0 Å². The smallest absolute Gasteiger partial charge is 0.321 e. The Labute approximate surface area is 142 Å². The summed E-state index contributed by atoms with van der Waals surface area (Å²) in [5.74, 6) is 0.481. The van der Waals surface area contributed by atoms with Crippen LogP contribution in [0.2, 0.25) is 0 Å². The summed E-state index contributed by atoms with van der Waals surface area (Å²) >= 11 is 0. The number of rotatable bonds is 5. The summed E-state index contributed by atoms with van der Waals surface area (Å²) in [7, 11) is 2.08. The van der Waals surface area contributed by atoms with Crippen LogP contribution in [0.1, 0.15) is 24.5 Å². The van der Waals surface area contributed by atoms with Gasteiger partial charge in [0.15, 0.2) is 0 Å². The van der Waals surface area contributed by atoms with Gasteiger partial charge in [0.1, 0.15) is 0 Å². The number of hydrogen-bond donors (Lipinski definition) is 1. The zero-order valence-electron chi connectivity index (χ0n) is 14.8. The fourth-order valence-corrected chi connectivity index (χ4v) is 3.10. The van der Waals surface area contributed by atoms with Gasteiger partial charge >= 0.3 is 6.03 Å². The summed E-state index contributed by atoms with van der Waals surface area (Å²) < 4.78 is 0. The number of benzene rings is 1. The zero-order chi connectivity index (χ0) is 17.9. The lowest BCUT2D eigenvalue weighted by Gasteiger charge is -2.21. The van der Waals surface area contributed by atoms with Crippen molar-refractivity contribution in [3.8, 4) is 0 Å². The summed E-state index contributed by atoms with van der Waals surface area (Å²) in [4.78, 5) is 27.2. The number of nitrogens with one attached hydrogen (secondary N) is 1. The van der Waals surface area contributed by atoms with E-state index in [1.807, 2.05) is 6.92 Å². The van der Waals surface area contributed by atoms with E-state index in [-0.39, 0.29) is 11.7 Å². The van der Waals surface area contributed by atoms with Gasteiger partial charge in [-0.05, 0) is 51.4 Å². The fraction of sp³-hybridized carbons (Fsp3) is 0.588. The predicted molar refractivity (Wildman–Crippen MR) is 94.4 cm³/mol. The average molecular weight is 334 g/mol. The molecule has 24 heavy (non-hydrogen) atoms. The van der Waals surface area contributed by atoms with Crippen molar-refractivity contribution in [1.29, 1.82) is 0 Å². The molecule has 0 unspecified atom stereocenters. The molecule has 1 atom stereocenters. The van der Waals surface area contributed by atoms with E-state index in [0.29, 0.717) is 17.2 Å². The molecule has 1 aromatic carbocycles. The molecule has 2 amide bonds. The van der Waals surface area contributed by atoms with Crippen LogP contribution in [-0.4, -0.2) is 54.0 Å². The summed E-state index contributed by atoms with van der Waals surface area (Å²) in [6, 6.07) is 3.00. The molecule has 1 aromatic rings. The maximum Gasteiger partial charge on any atom is 0.321 e. The second kappa shape index (κ2) is 7.61. The molecule has 0 bridgehead atoms. The number of anilines is 1. The first-order chi connectivity index (χ1) is 11.3. The van der Waals surface area contributed by atoms with Crippen LogP contribution in [0.3, 0.4) is 0 Å². The van der Waals surface area contributed by atoms with Crippen molar-refractivity contribution in [2.45, 2.75) is 27.2 Å². The Hall–Kier alpha value is -2.15. The molecule has 7 nitrogen and oxygen atoms in total. The highest BCUT2D eigenvalue weighted by Crippen LogP contribution is 2.27. The number of likely N-dealkylation sites (tertiary alicyclic amines) is 1. The Morgan fingerprint density at radius 2 is 2.12 bits per heavy atom. The van der Waals surface area contributed by atoms with Gasteiger partial charge in [-0.1, -0.05) is 6.92 Å². The maximum absolute atomic E-state index is 12.5. The van der Waals surface area contributed by atoms with E-state index in [9.17, 15) is 14.9 Å². The maximum atomic E-state index is 12.5. The Morgan fingerprint density at radius 3 is 2.75 bits per heavy atom. The van der Waals surface area contributed by atoms with Crippen molar-refractivity contribution >= 4 is 17.4 Å². The molecule has 1 N–H and O–H groups in total. The summed E-state index contributed by atoms with van der Waals surface area (Å²) in [6.45, 7) is 9.09. The van der Waals surface area contributed by atoms with E-state index < -0.39 is 4.92 Å². The SMILES string of the molecule is CCN(C)C[C@H]1CCN(C(=O)Nc2cc([N+](=O)[O-])c(C)cc2C)C1. The molecule has 1 fully saturated rings. The van der Waals surface area contributed by atoms with E-state index >= 15 is 0 Å². The molecule has 0 saturated carbocycles. The number of nitrogens with zero attached hydrogens (tertiary/aromatic N) is 3. The molecule has 7 heteroatoms. The molecule has 1 saturated heterocycles. The highest BCUT2D eigenvalue weighted by Gasteiger charge is 2.27. The van der Waals surface area contributed by atoms with Crippen molar-refractivity contribution in [3.05, 3.63) is 33.4 Å². The van der Waals surface area contributed by atoms with Crippen LogP contribution in [0.25, 0.3) is 0 Å². The van der Waals surface area contributed by atoms with Gasteiger partial charge in [0, 0.05) is 31.3 Å². The van der Waals surface area contributed by atoms with Gasteiger partial charge in [0.25, 0.3) is 5.69 Å². The van der Waals surface area contributed by atoms with Crippen LogP contribution in [0.4, 0.5) is 16.2 Å². The number of aryl methyl sites for hydroxylation is 2. The van der Waals surface area contributed by atoms with E-state index in [1.54, 1.807) is 17.9 Å². The molecule has 1 aliphatic heterocycles. The molecule has 1 heterocycles. The number of nitro groups is 1. The van der Waals surface area contributed by atoms with Crippen LogP contribution in [-0.2, 0) is 0 Å². The van der Waals surface area contributed by atoms with Crippen molar-refractivity contribution < 1.29 is 9.72 Å². The van der Waals surface area contributed by atoms with Crippen LogP contribution >= 0.6 is 0 Å². The van der Waals surface area contributed by atoms with Gasteiger partial charge in [-0.2, -0.15) is 0 Å². The summed E-state index contributed by atoms with van der Waals surface area (Å²) in [5.41, 5.74) is 1.96. The number of urea groups is 1. The monoisotopic (exact) mass is 334 g/mol. The van der Waals surface area contributed by atoms with Crippen molar-refractivity contribution in [1.82, 2.24) is 9.80 Å². The average Bonchev–Trinajstić information content (AvgIpc) is 2.97. The molecule has 0 spiro atoms. The van der Waals surface area contributed by atoms with E-state index in [1.165, 1.54) is 6.07 Å². The first kappa shape index (κ1) is 18.2. The summed E-state index contributed by atoms with van der Waals surface area (Å²) in [6.07, 6.45) is 0.991. The van der Waals surface area contributed by atoms with Crippen LogP contribution in [0.5, 0.6) is 0 Å². The Morgan fingerprint density at radius 1 is 1.42 bits per heavy atom. The van der Waals surface area contributed by atoms with Crippen LogP contribution < -0.4 is 5.32 Å². The van der Waals surface area contributed by atoms with Crippen molar-refractivity contribution in [2.24, 2.45) is 5.92 Å². The normalized spacial score (nSPS) is 17.4. The van der Waals surface area contributed by atoms with E-state index in [2.05, 4.69) is 24.2 Å². The van der Waals surface area contributed by atoms with Gasteiger partial charge in [0.05, 0.1) is 10.6 Å². The van der Waals surface area contributed by atoms with Crippen molar-refractivity contribution in [2.75, 3.05) is 38.5 Å². The molecule has 0 radical (unpaired) electrons. The lowest BCUT2D eigenvalue weighted by Crippen LogP contribution is -2.34. The lowest BCUT2D eigenvalue weighted by atomic mass is 10.1. The number of carbonyl (C=O) groups excluding carboxylic acids is 1. The largest absolute Gasteiger partial charge is 0.324 e. The molecule has 132 valence electrons. The minimum absolute atomic E-state index is 0.0276. The standard InChI is InChI=1S/C17H26N4O3/c1-5-19(4)10-14-6-7-20(11-14)17(22)18-15-9-16(21(23)24)13(3)8-12(15)2/h8-9,14H,5-7,10-11H2,1-4H3,(H,18,22)/t14-/m1/s1. The summed E-state index contributed by atoms with van der Waals surface area (Å²) in [5, 5.41) is 13.9. The molecular formula is C17H26N4O3. The minimum atomic E-state index is -0.420. The highest BCUT2D eigenvalue weighted by molar-refractivity contribution is 5.91. The first-order valence-electron chi connectivity index (χ1n) is 8.32. The van der Waals surface area contributed by atoms with E-state index in [0.717, 1.165) is 38.2 Å². The minimum Gasteiger partial charge on any atom is -0.324 e. The zero-order valence-corrected chi connectivity index (χ0v) is 14.8. The molecule has 2 rings (SSSR count). The predicted octanol–water partition coefficient (Wildman–Crippen LogP) is 3.02. The number of amides is 2. The third-order valence-electron chi connectivity index (χ3n) is 4.66. The van der Waals surface area contributed by atoms with Gasteiger partial charge in [-0.25, -0.2) is 4.79 Å².